The summed E-state index contributed by atoms with van der Waals surface area (Å²) in [6.45, 7) is 6.01. The van der Waals surface area contributed by atoms with Gasteiger partial charge in [0.25, 0.3) is 5.91 Å². The number of hydrogen-bond acceptors (Lipinski definition) is 3. The number of anilines is 2. The second-order valence-corrected chi connectivity index (χ2v) is 6.60. The summed E-state index contributed by atoms with van der Waals surface area (Å²) in [4.78, 5) is 18.9. The molecule has 1 amide bonds. The number of aryl methyl sites for hydroxylation is 1. The van der Waals surface area contributed by atoms with Crippen molar-refractivity contribution in [3.8, 4) is 0 Å². The van der Waals surface area contributed by atoms with Crippen molar-refractivity contribution in [2.75, 3.05) is 18.4 Å². The Bertz CT molecular complexity index is 696. The van der Waals surface area contributed by atoms with Crippen LogP contribution in [0.5, 0.6) is 0 Å². The van der Waals surface area contributed by atoms with E-state index in [0.717, 1.165) is 37.3 Å². The molecule has 126 valence electrons. The van der Waals surface area contributed by atoms with E-state index in [2.05, 4.69) is 48.4 Å². The number of rotatable bonds is 4. The molecule has 0 bridgehead atoms. The van der Waals surface area contributed by atoms with Crippen LogP contribution < -0.4 is 5.32 Å². The number of carbonyl (C=O) groups excluding carboxylic acids is 1. The van der Waals surface area contributed by atoms with Crippen LogP contribution in [0, 0.1) is 5.92 Å². The van der Waals surface area contributed by atoms with Crippen LogP contribution in [0.3, 0.4) is 0 Å². The summed E-state index contributed by atoms with van der Waals surface area (Å²) in [5.74, 6) is 0.604. The van der Waals surface area contributed by atoms with E-state index < -0.39 is 0 Å². The van der Waals surface area contributed by atoms with Crippen molar-refractivity contribution in [2.45, 2.75) is 33.1 Å². The van der Waals surface area contributed by atoms with Gasteiger partial charge in [-0.25, -0.2) is 0 Å². The summed E-state index contributed by atoms with van der Waals surface area (Å²) in [6, 6.07) is 12.1. The van der Waals surface area contributed by atoms with Crippen molar-refractivity contribution in [1.82, 2.24) is 9.88 Å². The predicted molar refractivity (Wildman–Crippen MR) is 97.6 cm³/mol. The Morgan fingerprint density at radius 1 is 1.25 bits per heavy atom. The van der Waals surface area contributed by atoms with E-state index in [1.165, 1.54) is 12.0 Å². The second-order valence-electron chi connectivity index (χ2n) is 6.60. The van der Waals surface area contributed by atoms with Crippen molar-refractivity contribution in [3.63, 3.8) is 0 Å². The molecule has 1 N–H and O–H groups in total. The van der Waals surface area contributed by atoms with Gasteiger partial charge in [-0.15, -0.1) is 0 Å². The minimum Gasteiger partial charge on any atom is -0.355 e. The molecule has 1 fully saturated rings. The van der Waals surface area contributed by atoms with Gasteiger partial charge in [0.2, 0.25) is 0 Å². The van der Waals surface area contributed by atoms with Crippen molar-refractivity contribution in [3.05, 3.63) is 53.9 Å². The van der Waals surface area contributed by atoms with Crippen molar-refractivity contribution in [1.29, 1.82) is 0 Å². The van der Waals surface area contributed by atoms with Gasteiger partial charge in [0.1, 0.15) is 5.69 Å². The highest BCUT2D eigenvalue weighted by Crippen LogP contribution is 2.20. The first kappa shape index (κ1) is 16.5. The number of carbonyl (C=O) groups is 1. The zero-order valence-corrected chi connectivity index (χ0v) is 14.5. The van der Waals surface area contributed by atoms with E-state index in [0.29, 0.717) is 11.6 Å². The lowest BCUT2D eigenvalue weighted by molar-refractivity contribution is 0.0677. The van der Waals surface area contributed by atoms with Crippen LogP contribution >= 0.6 is 0 Å². The van der Waals surface area contributed by atoms with Gasteiger partial charge in [-0.05, 0) is 55.0 Å². The highest BCUT2D eigenvalue weighted by Gasteiger charge is 2.22. The van der Waals surface area contributed by atoms with Crippen LogP contribution in [-0.2, 0) is 6.42 Å². The SMILES string of the molecule is CCc1ccc(Nc2ccnc(C(=O)N3CCCC(C)C3)c2)cc1. The maximum atomic E-state index is 12.7. The normalized spacial score (nSPS) is 17.6. The van der Waals surface area contributed by atoms with Gasteiger partial charge >= 0.3 is 0 Å². The molecule has 0 spiro atoms. The van der Waals surface area contributed by atoms with Crippen LogP contribution in [-0.4, -0.2) is 28.9 Å². The van der Waals surface area contributed by atoms with E-state index in [1.54, 1.807) is 6.20 Å². The zero-order chi connectivity index (χ0) is 16.9. The number of piperidine rings is 1. The van der Waals surface area contributed by atoms with Crippen molar-refractivity contribution >= 4 is 17.3 Å². The first-order valence-electron chi connectivity index (χ1n) is 8.77. The van der Waals surface area contributed by atoms with Gasteiger partial charge in [-0.3, -0.25) is 9.78 Å². The third-order valence-electron chi connectivity index (χ3n) is 4.57. The number of benzene rings is 1. The Hall–Kier alpha value is -2.36. The third kappa shape index (κ3) is 3.94. The molecule has 1 aliphatic heterocycles. The molecular formula is C20H25N3O. The molecule has 1 aromatic carbocycles. The number of pyridine rings is 1. The monoisotopic (exact) mass is 323 g/mol. The quantitative estimate of drug-likeness (QED) is 0.914. The number of likely N-dealkylation sites (tertiary alicyclic amines) is 1. The Balaban J connectivity index is 1.72. The van der Waals surface area contributed by atoms with Gasteiger partial charge in [0.15, 0.2) is 0 Å². The lowest BCUT2D eigenvalue weighted by Gasteiger charge is -2.30. The molecule has 1 aliphatic rings. The number of aromatic nitrogens is 1. The number of nitrogens with zero attached hydrogens (tertiary/aromatic N) is 2. The Kier molecular flexibility index (Phi) is 5.14. The van der Waals surface area contributed by atoms with E-state index in [9.17, 15) is 4.79 Å². The minimum absolute atomic E-state index is 0.0338. The maximum Gasteiger partial charge on any atom is 0.272 e. The van der Waals surface area contributed by atoms with E-state index in [4.69, 9.17) is 0 Å². The highest BCUT2D eigenvalue weighted by atomic mass is 16.2. The molecule has 2 heterocycles. The summed E-state index contributed by atoms with van der Waals surface area (Å²) in [5.41, 5.74) is 3.73. The van der Waals surface area contributed by atoms with Crippen LogP contribution in [0.1, 0.15) is 42.7 Å². The molecule has 0 aliphatic carbocycles. The fraction of sp³-hybridized carbons (Fsp3) is 0.400. The number of nitrogens with one attached hydrogen (secondary N) is 1. The topological polar surface area (TPSA) is 45.2 Å². The van der Waals surface area contributed by atoms with Crippen molar-refractivity contribution in [2.24, 2.45) is 5.92 Å². The average Bonchev–Trinajstić information content (AvgIpc) is 2.62. The van der Waals surface area contributed by atoms with Gasteiger partial charge in [0.05, 0.1) is 0 Å². The Morgan fingerprint density at radius 3 is 2.75 bits per heavy atom. The van der Waals surface area contributed by atoms with Crippen LogP contribution in [0.15, 0.2) is 42.6 Å². The molecular weight excluding hydrogens is 298 g/mol. The molecule has 24 heavy (non-hydrogen) atoms. The standard InChI is InChI=1S/C20H25N3O/c1-3-16-6-8-17(9-7-16)22-18-10-11-21-19(13-18)20(24)23-12-4-5-15(2)14-23/h6-11,13,15H,3-5,12,14H2,1-2H3,(H,21,22). The molecule has 0 saturated carbocycles. The smallest absolute Gasteiger partial charge is 0.272 e. The van der Waals surface area contributed by atoms with Gasteiger partial charge < -0.3 is 10.2 Å². The summed E-state index contributed by atoms with van der Waals surface area (Å²) >= 11 is 0. The van der Waals surface area contributed by atoms with Gasteiger partial charge in [0, 0.05) is 30.7 Å². The molecule has 1 aromatic heterocycles. The maximum absolute atomic E-state index is 12.7. The van der Waals surface area contributed by atoms with Gasteiger partial charge in [-0.2, -0.15) is 0 Å². The van der Waals surface area contributed by atoms with E-state index >= 15 is 0 Å². The molecule has 4 nitrogen and oxygen atoms in total. The van der Waals surface area contributed by atoms with Crippen LogP contribution in [0.4, 0.5) is 11.4 Å². The van der Waals surface area contributed by atoms with Crippen molar-refractivity contribution < 1.29 is 4.79 Å². The summed E-state index contributed by atoms with van der Waals surface area (Å²) < 4.78 is 0. The summed E-state index contributed by atoms with van der Waals surface area (Å²) in [6.07, 6.45) is 5.01. The Morgan fingerprint density at radius 2 is 2.04 bits per heavy atom. The summed E-state index contributed by atoms with van der Waals surface area (Å²) in [5, 5.41) is 3.35. The molecule has 2 aromatic rings. The highest BCUT2D eigenvalue weighted by molar-refractivity contribution is 5.93. The first-order chi connectivity index (χ1) is 11.7. The molecule has 3 rings (SSSR count). The number of amides is 1. The molecule has 1 saturated heterocycles. The number of hydrogen-bond donors (Lipinski definition) is 1. The fourth-order valence-electron chi connectivity index (χ4n) is 3.15. The average molecular weight is 323 g/mol. The third-order valence-corrected chi connectivity index (χ3v) is 4.57. The van der Waals surface area contributed by atoms with Gasteiger partial charge in [-0.1, -0.05) is 26.0 Å². The van der Waals surface area contributed by atoms with E-state index in [-0.39, 0.29) is 5.91 Å². The molecule has 4 heteroatoms. The molecule has 0 radical (unpaired) electrons. The molecule has 1 atom stereocenters. The minimum atomic E-state index is 0.0338. The zero-order valence-electron chi connectivity index (χ0n) is 14.5. The second kappa shape index (κ2) is 7.47. The predicted octanol–water partition coefficient (Wildman–Crippen LogP) is 4.26. The van der Waals surface area contributed by atoms with E-state index in [1.807, 2.05) is 17.0 Å². The van der Waals surface area contributed by atoms with Crippen LogP contribution in [0.2, 0.25) is 0 Å². The molecule has 1 unspecified atom stereocenters. The lowest BCUT2D eigenvalue weighted by atomic mass is 10.00. The van der Waals surface area contributed by atoms with Crippen LogP contribution in [0.25, 0.3) is 0 Å². The lowest BCUT2D eigenvalue weighted by Crippen LogP contribution is -2.39. The largest absolute Gasteiger partial charge is 0.355 e. The Labute approximate surface area is 143 Å². The summed E-state index contributed by atoms with van der Waals surface area (Å²) in [7, 11) is 0. The fourth-order valence-corrected chi connectivity index (χ4v) is 3.15. The first-order valence-corrected chi connectivity index (χ1v) is 8.77.